The van der Waals surface area contributed by atoms with Crippen molar-refractivity contribution in [2.75, 3.05) is 19.6 Å². The fourth-order valence-corrected chi connectivity index (χ4v) is 4.68. The maximum absolute atomic E-state index is 13.0. The van der Waals surface area contributed by atoms with E-state index in [4.69, 9.17) is 14.0 Å². The minimum atomic E-state index is -0.502. The molecule has 10 nitrogen and oxygen atoms in total. The Bertz CT molecular complexity index is 1030. The van der Waals surface area contributed by atoms with Crippen molar-refractivity contribution in [1.29, 1.82) is 0 Å². The SMILES string of the molecule is CC(C)(C)OC(=O)N1CC(Cc2nnc([C@@H]3CC[C@H]4CN3C(=O)N4OCc3ccccc3)o2)C1. The van der Waals surface area contributed by atoms with E-state index in [-0.39, 0.29) is 30.1 Å². The maximum Gasteiger partial charge on any atom is 0.410 e. The van der Waals surface area contributed by atoms with Gasteiger partial charge in [0.1, 0.15) is 18.2 Å². The molecule has 3 fully saturated rings. The Kier molecular flexibility index (Phi) is 5.93. The van der Waals surface area contributed by atoms with Gasteiger partial charge in [-0.25, -0.2) is 9.59 Å². The molecule has 0 radical (unpaired) electrons. The number of hydrogen-bond donors (Lipinski definition) is 0. The van der Waals surface area contributed by atoms with E-state index in [0.29, 0.717) is 44.4 Å². The van der Waals surface area contributed by atoms with Gasteiger partial charge in [0, 0.05) is 32.0 Å². The molecule has 0 saturated carbocycles. The summed E-state index contributed by atoms with van der Waals surface area (Å²) in [6, 6.07) is 9.44. The van der Waals surface area contributed by atoms with Gasteiger partial charge in [-0.1, -0.05) is 30.3 Å². The lowest BCUT2D eigenvalue weighted by atomic mass is 9.97. The minimum Gasteiger partial charge on any atom is -0.444 e. The molecule has 2 atom stereocenters. The smallest absolute Gasteiger partial charge is 0.410 e. The second kappa shape index (κ2) is 8.90. The summed E-state index contributed by atoms with van der Waals surface area (Å²) in [7, 11) is 0. The molecule has 3 saturated heterocycles. The lowest BCUT2D eigenvalue weighted by Crippen LogP contribution is -2.52. The molecule has 2 bridgehead atoms. The van der Waals surface area contributed by atoms with Crippen molar-refractivity contribution < 1.29 is 23.6 Å². The number of hydroxylamine groups is 2. The zero-order valence-electron chi connectivity index (χ0n) is 19.8. The van der Waals surface area contributed by atoms with Gasteiger partial charge >= 0.3 is 12.1 Å². The Morgan fingerprint density at radius 1 is 1.12 bits per heavy atom. The number of amides is 3. The highest BCUT2D eigenvalue weighted by Gasteiger charge is 2.48. The molecule has 10 heteroatoms. The van der Waals surface area contributed by atoms with Crippen LogP contribution in [0, 0.1) is 5.92 Å². The number of benzene rings is 1. The molecule has 0 unspecified atom stereocenters. The Morgan fingerprint density at radius 2 is 1.88 bits per heavy atom. The van der Waals surface area contributed by atoms with Crippen LogP contribution in [0.1, 0.15) is 57.0 Å². The highest BCUT2D eigenvalue weighted by Crippen LogP contribution is 2.38. The molecule has 0 N–H and O–H groups in total. The van der Waals surface area contributed by atoms with Crippen molar-refractivity contribution in [1.82, 2.24) is 25.1 Å². The third-order valence-corrected chi connectivity index (χ3v) is 6.38. The van der Waals surface area contributed by atoms with E-state index in [2.05, 4.69) is 10.2 Å². The van der Waals surface area contributed by atoms with Crippen molar-refractivity contribution in [3.8, 4) is 0 Å². The third kappa shape index (κ3) is 4.72. The van der Waals surface area contributed by atoms with E-state index >= 15 is 0 Å². The molecule has 0 spiro atoms. The third-order valence-electron chi connectivity index (χ3n) is 6.38. The van der Waals surface area contributed by atoms with Crippen LogP contribution in [0.25, 0.3) is 0 Å². The van der Waals surface area contributed by atoms with Gasteiger partial charge in [-0.3, -0.25) is 4.84 Å². The number of carbonyl (C=O) groups is 2. The van der Waals surface area contributed by atoms with Gasteiger partial charge in [0.15, 0.2) is 0 Å². The van der Waals surface area contributed by atoms with Crippen molar-refractivity contribution >= 4 is 12.1 Å². The quantitative estimate of drug-likeness (QED) is 0.638. The molecule has 4 heterocycles. The van der Waals surface area contributed by atoms with Crippen molar-refractivity contribution in [2.45, 2.75) is 64.3 Å². The largest absolute Gasteiger partial charge is 0.444 e. The Balaban J connectivity index is 1.14. The lowest BCUT2D eigenvalue weighted by Gasteiger charge is -2.39. The first-order valence-electron chi connectivity index (χ1n) is 11.8. The van der Waals surface area contributed by atoms with E-state index in [1.54, 1.807) is 9.80 Å². The molecule has 1 aromatic heterocycles. The molecule has 3 aliphatic rings. The first kappa shape index (κ1) is 22.6. The average Bonchev–Trinajstić information content (AvgIpc) is 3.32. The fraction of sp³-hybridized carbons (Fsp3) is 0.583. The van der Waals surface area contributed by atoms with Crippen molar-refractivity contribution in [2.24, 2.45) is 5.92 Å². The summed E-state index contributed by atoms with van der Waals surface area (Å²) < 4.78 is 11.4. The van der Waals surface area contributed by atoms with E-state index in [1.807, 2.05) is 51.1 Å². The highest BCUT2D eigenvalue weighted by atomic mass is 16.7. The number of hydrogen-bond acceptors (Lipinski definition) is 7. The van der Waals surface area contributed by atoms with Gasteiger partial charge in [-0.15, -0.1) is 10.2 Å². The fourth-order valence-electron chi connectivity index (χ4n) is 4.68. The molecule has 3 aliphatic heterocycles. The topological polar surface area (TPSA) is 101 Å². The van der Waals surface area contributed by atoms with Gasteiger partial charge in [0.05, 0.1) is 6.04 Å². The molecule has 0 aliphatic carbocycles. The van der Waals surface area contributed by atoms with Crippen LogP contribution in [0.5, 0.6) is 0 Å². The minimum absolute atomic E-state index is 0.0312. The summed E-state index contributed by atoms with van der Waals surface area (Å²) in [5, 5.41) is 9.96. The van der Waals surface area contributed by atoms with E-state index in [9.17, 15) is 9.59 Å². The second-order valence-corrected chi connectivity index (χ2v) is 10.3. The number of fused-ring (bicyclic) bond motifs is 2. The monoisotopic (exact) mass is 469 g/mol. The standard InChI is InChI=1S/C24H31N5O5/c1-24(2,3)34-23(31)27-12-17(13-27)11-20-25-26-21(33-20)19-10-9-18-14-28(19)22(30)29(18)32-15-16-7-5-4-6-8-16/h4-8,17-19H,9-15H2,1-3H3/t18-,19-/m0/s1. The van der Waals surface area contributed by atoms with E-state index < -0.39 is 5.60 Å². The average molecular weight is 470 g/mol. The van der Waals surface area contributed by atoms with Gasteiger partial charge in [0.25, 0.3) is 0 Å². The number of urea groups is 1. The summed E-state index contributed by atoms with van der Waals surface area (Å²) in [6.45, 7) is 7.73. The number of rotatable bonds is 6. The van der Waals surface area contributed by atoms with Crippen LogP contribution in [0.4, 0.5) is 9.59 Å². The lowest BCUT2D eigenvalue weighted by molar-refractivity contribution is -0.140. The van der Waals surface area contributed by atoms with E-state index in [1.165, 1.54) is 5.06 Å². The predicted octanol–water partition coefficient (Wildman–Crippen LogP) is 3.55. The Morgan fingerprint density at radius 3 is 2.62 bits per heavy atom. The van der Waals surface area contributed by atoms with Gasteiger partial charge in [0.2, 0.25) is 11.8 Å². The molecule has 1 aromatic carbocycles. The maximum atomic E-state index is 13.0. The predicted molar refractivity (Wildman–Crippen MR) is 120 cm³/mol. The van der Waals surface area contributed by atoms with Gasteiger partial charge in [-0.2, -0.15) is 5.06 Å². The molecule has 34 heavy (non-hydrogen) atoms. The first-order valence-corrected chi connectivity index (χ1v) is 11.8. The van der Waals surface area contributed by atoms with Crippen molar-refractivity contribution in [3.63, 3.8) is 0 Å². The summed E-state index contributed by atoms with van der Waals surface area (Å²) in [5.74, 6) is 1.26. The van der Waals surface area contributed by atoms with Crippen LogP contribution in [0.2, 0.25) is 0 Å². The zero-order valence-corrected chi connectivity index (χ0v) is 19.8. The van der Waals surface area contributed by atoms with Crippen LogP contribution in [-0.2, 0) is 22.6 Å². The number of aromatic nitrogens is 2. The summed E-state index contributed by atoms with van der Waals surface area (Å²) in [6.07, 6.45) is 1.87. The molecule has 3 amide bonds. The first-order chi connectivity index (χ1) is 16.3. The van der Waals surface area contributed by atoms with Gasteiger partial charge in [-0.05, 0) is 39.2 Å². The Labute approximate surface area is 198 Å². The summed E-state index contributed by atoms with van der Waals surface area (Å²) in [5.41, 5.74) is 0.517. The number of carbonyl (C=O) groups excluding carboxylic acids is 2. The Hall–Kier alpha value is -3.14. The van der Waals surface area contributed by atoms with E-state index in [0.717, 1.165) is 18.4 Å². The van der Waals surface area contributed by atoms with Crippen LogP contribution in [0.3, 0.4) is 0 Å². The van der Waals surface area contributed by atoms with Crippen molar-refractivity contribution in [3.05, 3.63) is 47.7 Å². The zero-order chi connectivity index (χ0) is 23.9. The molecular formula is C24H31N5O5. The van der Waals surface area contributed by atoms with Crippen LogP contribution < -0.4 is 0 Å². The highest BCUT2D eigenvalue weighted by molar-refractivity contribution is 5.77. The van der Waals surface area contributed by atoms with Crippen LogP contribution >= 0.6 is 0 Å². The second-order valence-electron chi connectivity index (χ2n) is 10.3. The molecular weight excluding hydrogens is 438 g/mol. The van der Waals surface area contributed by atoms with Crippen LogP contribution in [-0.4, -0.2) is 68.5 Å². The number of likely N-dealkylation sites (tertiary alicyclic amines) is 1. The summed E-state index contributed by atoms with van der Waals surface area (Å²) >= 11 is 0. The normalized spacial score (nSPS) is 22.8. The van der Waals surface area contributed by atoms with Gasteiger partial charge < -0.3 is 19.0 Å². The number of ether oxygens (including phenoxy) is 1. The molecule has 182 valence electrons. The summed E-state index contributed by atoms with van der Waals surface area (Å²) in [4.78, 5) is 34.4. The number of nitrogens with zero attached hydrogens (tertiary/aromatic N) is 5. The number of piperidine rings is 1. The van der Waals surface area contributed by atoms with Crippen LogP contribution in [0.15, 0.2) is 34.7 Å². The molecule has 5 rings (SSSR count). The molecule has 2 aromatic rings.